The van der Waals surface area contributed by atoms with Crippen LogP contribution in [0.25, 0.3) is 0 Å². The summed E-state index contributed by atoms with van der Waals surface area (Å²) in [4.78, 5) is 0. The molecule has 3 heteroatoms. The van der Waals surface area contributed by atoms with E-state index >= 15 is 0 Å². The van der Waals surface area contributed by atoms with E-state index in [1.54, 1.807) is 0 Å². The minimum Gasteiger partial charge on any atom is -1.00 e. The Morgan fingerprint density at radius 2 is 1.67 bits per heavy atom. The standard InChI is InChI=1S/C9H17O.ClH.Mg/c1-8(2)7-9(10)5-3-4-6-9;;/h8H,3-7H2,1-2H3;1H;/q-1;;+2/p-1. The largest absolute Gasteiger partial charge is 2.00 e. The molecular formula is C9H17ClMgO. The summed E-state index contributed by atoms with van der Waals surface area (Å²) >= 11 is 0. The zero-order chi connectivity index (χ0) is 7.61. The first-order chi connectivity index (χ1) is 4.62. The summed E-state index contributed by atoms with van der Waals surface area (Å²) in [7, 11) is 0. The van der Waals surface area contributed by atoms with Crippen molar-refractivity contribution in [1.82, 2.24) is 0 Å². The number of rotatable bonds is 2. The fourth-order valence-electron chi connectivity index (χ4n) is 1.97. The first kappa shape index (κ1) is 15.5. The quantitative estimate of drug-likeness (QED) is 0.490. The van der Waals surface area contributed by atoms with Crippen LogP contribution in [0.15, 0.2) is 0 Å². The third-order valence-corrected chi connectivity index (χ3v) is 2.30. The topological polar surface area (TPSA) is 23.1 Å². The van der Waals surface area contributed by atoms with E-state index in [2.05, 4.69) is 13.8 Å². The van der Waals surface area contributed by atoms with Crippen molar-refractivity contribution in [2.24, 2.45) is 5.92 Å². The van der Waals surface area contributed by atoms with Gasteiger partial charge in [-0.1, -0.05) is 46.0 Å². The van der Waals surface area contributed by atoms with Crippen LogP contribution in [0.4, 0.5) is 0 Å². The van der Waals surface area contributed by atoms with Gasteiger partial charge in [0.05, 0.1) is 0 Å². The van der Waals surface area contributed by atoms with E-state index in [4.69, 9.17) is 0 Å². The molecule has 1 saturated carbocycles. The summed E-state index contributed by atoms with van der Waals surface area (Å²) in [5.41, 5.74) is -0.534. The van der Waals surface area contributed by atoms with Crippen LogP contribution in [0, 0.1) is 5.92 Å². The predicted molar refractivity (Wildman–Crippen MR) is 46.4 cm³/mol. The van der Waals surface area contributed by atoms with E-state index in [0.29, 0.717) is 5.92 Å². The zero-order valence-corrected chi connectivity index (χ0v) is 10.3. The molecule has 1 aliphatic rings. The van der Waals surface area contributed by atoms with Crippen LogP contribution in [0.2, 0.25) is 0 Å². The number of hydrogen-bond donors (Lipinski definition) is 0. The first-order valence-electron chi connectivity index (χ1n) is 4.33. The molecule has 0 spiro atoms. The maximum atomic E-state index is 11.7. The molecule has 1 aliphatic carbocycles. The van der Waals surface area contributed by atoms with Gasteiger partial charge in [-0.2, -0.15) is 0 Å². The molecule has 0 atom stereocenters. The molecule has 0 bridgehead atoms. The summed E-state index contributed by atoms with van der Waals surface area (Å²) in [6.45, 7) is 4.27. The van der Waals surface area contributed by atoms with Gasteiger partial charge in [0.1, 0.15) is 0 Å². The Hall–Kier alpha value is 1.02. The third-order valence-electron chi connectivity index (χ3n) is 2.30. The molecule has 0 radical (unpaired) electrons. The molecule has 0 heterocycles. The Bertz CT molecular complexity index is 111. The van der Waals surface area contributed by atoms with Crippen LogP contribution in [0.1, 0.15) is 46.0 Å². The monoisotopic (exact) mass is 200 g/mol. The van der Waals surface area contributed by atoms with E-state index in [0.717, 1.165) is 32.1 Å². The smallest absolute Gasteiger partial charge is 1.00 e. The van der Waals surface area contributed by atoms with Gasteiger partial charge in [-0.15, -0.1) is 5.60 Å². The molecule has 1 nitrogen and oxygen atoms in total. The summed E-state index contributed by atoms with van der Waals surface area (Å²) in [6.07, 6.45) is 5.05. The van der Waals surface area contributed by atoms with Crippen molar-refractivity contribution in [2.75, 3.05) is 0 Å². The summed E-state index contributed by atoms with van der Waals surface area (Å²) < 4.78 is 0. The minimum atomic E-state index is -0.534. The molecule has 12 heavy (non-hydrogen) atoms. The van der Waals surface area contributed by atoms with Crippen molar-refractivity contribution in [1.29, 1.82) is 0 Å². The molecule has 68 valence electrons. The van der Waals surface area contributed by atoms with Crippen LogP contribution in [0.3, 0.4) is 0 Å². The zero-order valence-electron chi connectivity index (χ0n) is 8.11. The van der Waals surface area contributed by atoms with Crippen LogP contribution < -0.4 is 17.5 Å². The fraction of sp³-hybridized carbons (Fsp3) is 1.00. The van der Waals surface area contributed by atoms with Gasteiger partial charge in [0.15, 0.2) is 0 Å². The van der Waals surface area contributed by atoms with Crippen LogP contribution in [0.5, 0.6) is 0 Å². The Kier molecular flexibility index (Phi) is 8.35. The number of halogens is 1. The number of hydrogen-bond acceptors (Lipinski definition) is 1. The van der Waals surface area contributed by atoms with Crippen molar-refractivity contribution in [3.05, 3.63) is 0 Å². The average molecular weight is 201 g/mol. The second-order valence-corrected chi connectivity index (χ2v) is 3.99. The van der Waals surface area contributed by atoms with E-state index < -0.39 is 5.60 Å². The van der Waals surface area contributed by atoms with Gasteiger partial charge >= 0.3 is 23.1 Å². The van der Waals surface area contributed by atoms with Gasteiger partial charge in [0.2, 0.25) is 0 Å². The van der Waals surface area contributed by atoms with E-state index in [1.807, 2.05) is 0 Å². The van der Waals surface area contributed by atoms with E-state index in [9.17, 15) is 5.11 Å². The molecule has 0 unspecified atom stereocenters. The second-order valence-electron chi connectivity index (χ2n) is 3.99. The average Bonchev–Trinajstić information content (AvgIpc) is 2.12. The maximum Gasteiger partial charge on any atom is 2.00 e. The van der Waals surface area contributed by atoms with Crippen LogP contribution in [-0.4, -0.2) is 28.7 Å². The molecule has 0 aromatic rings. The van der Waals surface area contributed by atoms with Crippen LogP contribution >= 0.6 is 0 Å². The Morgan fingerprint density at radius 1 is 1.25 bits per heavy atom. The molecule has 1 fully saturated rings. The van der Waals surface area contributed by atoms with Crippen molar-refractivity contribution >= 4 is 23.1 Å². The van der Waals surface area contributed by atoms with Gasteiger partial charge in [-0.25, -0.2) is 0 Å². The van der Waals surface area contributed by atoms with Crippen molar-refractivity contribution in [3.63, 3.8) is 0 Å². The predicted octanol–water partition coefficient (Wildman–Crippen LogP) is -1.67. The fourth-order valence-corrected chi connectivity index (χ4v) is 1.97. The molecule has 1 rings (SSSR count). The Morgan fingerprint density at radius 3 is 2.00 bits per heavy atom. The first-order valence-corrected chi connectivity index (χ1v) is 4.33. The molecule has 0 aliphatic heterocycles. The minimum absolute atomic E-state index is 0. The van der Waals surface area contributed by atoms with Crippen molar-refractivity contribution < 1.29 is 17.5 Å². The van der Waals surface area contributed by atoms with Crippen molar-refractivity contribution in [3.8, 4) is 0 Å². The van der Waals surface area contributed by atoms with Crippen molar-refractivity contribution in [2.45, 2.75) is 51.6 Å². The SMILES string of the molecule is CC(C)CC1([O-])CCCC1.[Cl-].[Mg+2]. The van der Waals surface area contributed by atoms with E-state index in [-0.39, 0.29) is 35.5 Å². The molecule has 0 aromatic carbocycles. The summed E-state index contributed by atoms with van der Waals surface area (Å²) in [5.74, 6) is 0.579. The Labute approximate surface area is 97.9 Å². The summed E-state index contributed by atoms with van der Waals surface area (Å²) in [5, 5.41) is 11.7. The second kappa shape index (κ2) is 6.47. The van der Waals surface area contributed by atoms with Gasteiger partial charge in [0.25, 0.3) is 0 Å². The van der Waals surface area contributed by atoms with Gasteiger partial charge < -0.3 is 17.5 Å². The molecule has 0 N–H and O–H groups in total. The molecule has 0 amide bonds. The maximum absolute atomic E-state index is 11.7. The Balaban J connectivity index is 0. The summed E-state index contributed by atoms with van der Waals surface area (Å²) in [6, 6.07) is 0. The van der Waals surface area contributed by atoms with Gasteiger partial charge in [-0.3, -0.25) is 0 Å². The van der Waals surface area contributed by atoms with Crippen LogP contribution in [-0.2, 0) is 0 Å². The molecule has 0 saturated heterocycles. The van der Waals surface area contributed by atoms with Gasteiger partial charge in [0, 0.05) is 0 Å². The molecular weight excluding hydrogens is 184 g/mol. The normalized spacial score (nSPS) is 20.0. The van der Waals surface area contributed by atoms with E-state index in [1.165, 1.54) is 0 Å². The third kappa shape index (κ3) is 4.90. The molecule has 0 aromatic heterocycles. The van der Waals surface area contributed by atoms with Gasteiger partial charge in [-0.05, 0) is 5.92 Å².